The number of ether oxygens (including phenoxy) is 1. The molecule has 0 aliphatic rings. The molecule has 0 atom stereocenters. The van der Waals surface area contributed by atoms with Crippen LogP contribution < -0.4 is 10.1 Å². The number of aromatic nitrogens is 1. The normalized spacial score (nSPS) is 10.5. The van der Waals surface area contributed by atoms with E-state index in [1.54, 1.807) is 6.20 Å². The Labute approximate surface area is 173 Å². The van der Waals surface area contributed by atoms with Gasteiger partial charge in [-0.2, -0.15) is 0 Å². The molecule has 5 heteroatoms. The summed E-state index contributed by atoms with van der Waals surface area (Å²) in [6.07, 6.45) is 2.07. The van der Waals surface area contributed by atoms with Crippen molar-refractivity contribution in [1.82, 2.24) is 10.3 Å². The van der Waals surface area contributed by atoms with Crippen LogP contribution in [-0.2, 0) is 17.8 Å². The lowest BCUT2D eigenvalue weighted by molar-refractivity contribution is -0.120. The summed E-state index contributed by atoms with van der Waals surface area (Å²) in [5.41, 5.74) is 4.33. The average molecular weight is 401 g/mol. The molecule has 4 nitrogen and oxygen atoms in total. The highest BCUT2D eigenvalue weighted by atomic mass is 32.1. The van der Waals surface area contributed by atoms with Gasteiger partial charge in [0.1, 0.15) is 5.75 Å². The molecule has 0 saturated carbocycles. The van der Waals surface area contributed by atoms with E-state index in [1.165, 1.54) is 16.9 Å². The molecule has 0 saturated heterocycles. The highest BCUT2D eigenvalue weighted by molar-refractivity contribution is 7.11. The third kappa shape index (κ3) is 5.30. The number of thiazole rings is 1. The van der Waals surface area contributed by atoms with E-state index < -0.39 is 0 Å². The lowest BCUT2D eigenvalue weighted by Gasteiger charge is -2.08. The molecule has 3 aromatic carbocycles. The van der Waals surface area contributed by atoms with Crippen LogP contribution in [0, 0.1) is 0 Å². The van der Waals surface area contributed by atoms with Gasteiger partial charge < -0.3 is 10.1 Å². The second kappa shape index (κ2) is 9.17. The molecule has 1 N–H and O–H groups in total. The first-order chi connectivity index (χ1) is 14.3. The van der Waals surface area contributed by atoms with Gasteiger partial charge in [-0.3, -0.25) is 4.79 Å². The van der Waals surface area contributed by atoms with E-state index in [4.69, 9.17) is 4.74 Å². The van der Waals surface area contributed by atoms with Gasteiger partial charge in [-0.1, -0.05) is 78.1 Å². The molecule has 4 aromatic rings. The third-order valence-electron chi connectivity index (χ3n) is 4.45. The quantitative estimate of drug-likeness (QED) is 0.448. The first-order valence-corrected chi connectivity index (χ1v) is 10.2. The molecule has 144 valence electrons. The Balaban J connectivity index is 1.27. The van der Waals surface area contributed by atoms with Gasteiger partial charge in [-0.25, -0.2) is 4.98 Å². The number of nitrogens with zero attached hydrogens (tertiary/aromatic N) is 1. The monoisotopic (exact) mass is 400 g/mol. The van der Waals surface area contributed by atoms with Crippen molar-refractivity contribution in [2.75, 3.05) is 0 Å². The van der Waals surface area contributed by atoms with E-state index in [9.17, 15) is 4.79 Å². The fraction of sp³-hybridized carbons (Fsp3) is 0.0833. The van der Waals surface area contributed by atoms with Crippen molar-refractivity contribution in [2.24, 2.45) is 0 Å². The summed E-state index contributed by atoms with van der Waals surface area (Å²) in [4.78, 5) is 16.4. The summed E-state index contributed by atoms with van der Waals surface area (Å²) < 4.78 is 5.64. The first-order valence-electron chi connectivity index (χ1n) is 9.33. The number of carbonyl (C=O) groups excluding carboxylic acids is 1. The summed E-state index contributed by atoms with van der Waals surface area (Å²) >= 11 is 1.45. The fourth-order valence-electron chi connectivity index (χ4n) is 2.93. The minimum absolute atomic E-state index is 0.000531. The second-order valence-corrected chi connectivity index (χ2v) is 7.42. The van der Waals surface area contributed by atoms with E-state index in [1.807, 2.05) is 60.0 Å². The van der Waals surface area contributed by atoms with Gasteiger partial charge >= 0.3 is 0 Å². The van der Waals surface area contributed by atoms with Crippen molar-refractivity contribution in [3.63, 3.8) is 0 Å². The van der Waals surface area contributed by atoms with Crippen LogP contribution in [0.15, 0.2) is 90.4 Å². The van der Waals surface area contributed by atoms with Crippen LogP contribution in [0.1, 0.15) is 11.1 Å². The molecule has 0 spiro atoms. The Bertz CT molecular complexity index is 1040. The lowest BCUT2D eigenvalue weighted by Crippen LogP contribution is -2.24. The average Bonchev–Trinajstić information content (AvgIpc) is 3.27. The van der Waals surface area contributed by atoms with Crippen LogP contribution in [0.4, 0.5) is 0 Å². The summed E-state index contributed by atoms with van der Waals surface area (Å²) in [5, 5.41) is 5.45. The van der Waals surface area contributed by atoms with E-state index in [0.717, 1.165) is 22.4 Å². The van der Waals surface area contributed by atoms with Crippen molar-refractivity contribution >= 4 is 17.2 Å². The smallest absolute Gasteiger partial charge is 0.278 e. The highest BCUT2D eigenvalue weighted by Gasteiger charge is 2.05. The zero-order chi connectivity index (χ0) is 19.9. The molecular weight excluding hydrogens is 380 g/mol. The number of nitrogens with one attached hydrogen (secondary N) is 1. The molecule has 0 bridgehead atoms. The number of carbonyl (C=O) groups is 1. The minimum atomic E-state index is 0.000531. The van der Waals surface area contributed by atoms with E-state index in [0.29, 0.717) is 18.2 Å². The second-order valence-electron chi connectivity index (χ2n) is 6.56. The van der Waals surface area contributed by atoms with Crippen LogP contribution >= 0.6 is 11.3 Å². The van der Waals surface area contributed by atoms with Crippen molar-refractivity contribution < 1.29 is 9.53 Å². The fourth-order valence-corrected chi connectivity index (χ4v) is 3.44. The van der Waals surface area contributed by atoms with E-state index >= 15 is 0 Å². The minimum Gasteiger partial charge on any atom is -0.431 e. The first kappa shape index (κ1) is 18.9. The lowest BCUT2D eigenvalue weighted by atomic mass is 10.0. The summed E-state index contributed by atoms with van der Waals surface area (Å²) in [6.45, 7) is 0.485. The molecule has 1 aromatic heterocycles. The Morgan fingerprint density at radius 2 is 1.55 bits per heavy atom. The van der Waals surface area contributed by atoms with Crippen LogP contribution in [0.5, 0.6) is 10.9 Å². The number of hydrogen-bond donors (Lipinski definition) is 1. The zero-order valence-electron chi connectivity index (χ0n) is 15.7. The Hall–Kier alpha value is -3.44. The van der Waals surface area contributed by atoms with Crippen LogP contribution in [-0.4, -0.2) is 10.9 Å². The maximum atomic E-state index is 12.3. The largest absolute Gasteiger partial charge is 0.431 e. The third-order valence-corrected chi connectivity index (χ3v) is 5.10. The highest BCUT2D eigenvalue weighted by Crippen LogP contribution is 2.23. The molecule has 1 heterocycles. The van der Waals surface area contributed by atoms with Gasteiger partial charge in [0.05, 0.1) is 6.42 Å². The number of rotatable bonds is 7. The summed E-state index contributed by atoms with van der Waals surface area (Å²) in [7, 11) is 0. The van der Waals surface area contributed by atoms with E-state index in [-0.39, 0.29) is 5.91 Å². The van der Waals surface area contributed by atoms with Crippen LogP contribution in [0.3, 0.4) is 0 Å². The van der Waals surface area contributed by atoms with Crippen molar-refractivity contribution in [2.45, 2.75) is 13.0 Å². The standard InChI is InChI=1S/C24H20N2O2S/c27-23(16-18-6-10-21(11-7-18)20-4-2-1-3-5-20)26-17-19-8-12-22(13-9-19)28-24-25-14-15-29-24/h1-15H,16-17H2,(H,26,27). The van der Waals surface area contributed by atoms with Crippen LogP contribution in [0.25, 0.3) is 11.1 Å². The molecule has 0 fully saturated rings. The van der Waals surface area contributed by atoms with Gasteiger partial charge in [-0.15, -0.1) is 0 Å². The predicted molar refractivity (Wildman–Crippen MR) is 116 cm³/mol. The molecule has 0 aliphatic heterocycles. The van der Waals surface area contributed by atoms with Crippen molar-refractivity contribution in [3.05, 3.63) is 102 Å². The predicted octanol–water partition coefficient (Wildman–Crippen LogP) is 5.46. The number of benzene rings is 3. The molecule has 0 aliphatic carbocycles. The zero-order valence-corrected chi connectivity index (χ0v) is 16.6. The van der Waals surface area contributed by atoms with Crippen LogP contribution in [0.2, 0.25) is 0 Å². The Kier molecular flexibility index (Phi) is 5.98. The van der Waals surface area contributed by atoms with Gasteiger partial charge in [0.2, 0.25) is 5.91 Å². The van der Waals surface area contributed by atoms with Gasteiger partial charge in [0.25, 0.3) is 5.19 Å². The molecule has 0 radical (unpaired) electrons. The molecular formula is C24H20N2O2S. The molecule has 1 amide bonds. The molecule has 4 rings (SSSR count). The molecule has 29 heavy (non-hydrogen) atoms. The Morgan fingerprint density at radius 3 is 2.24 bits per heavy atom. The van der Waals surface area contributed by atoms with Gasteiger partial charge in [0, 0.05) is 18.1 Å². The van der Waals surface area contributed by atoms with Crippen molar-refractivity contribution in [3.8, 4) is 22.1 Å². The SMILES string of the molecule is O=C(Cc1ccc(-c2ccccc2)cc1)NCc1ccc(Oc2nccs2)cc1. The summed E-state index contributed by atoms with van der Waals surface area (Å²) in [6, 6.07) is 26.0. The topological polar surface area (TPSA) is 51.2 Å². The maximum absolute atomic E-state index is 12.3. The number of amides is 1. The molecule has 0 unspecified atom stereocenters. The number of hydrogen-bond acceptors (Lipinski definition) is 4. The Morgan fingerprint density at radius 1 is 0.862 bits per heavy atom. The maximum Gasteiger partial charge on any atom is 0.278 e. The van der Waals surface area contributed by atoms with E-state index in [2.05, 4.69) is 34.6 Å². The van der Waals surface area contributed by atoms with Gasteiger partial charge in [0.15, 0.2) is 0 Å². The van der Waals surface area contributed by atoms with Crippen molar-refractivity contribution in [1.29, 1.82) is 0 Å². The van der Waals surface area contributed by atoms with Gasteiger partial charge in [-0.05, 0) is 34.4 Å². The summed E-state index contributed by atoms with van der Waals surface area (Å²) in [5.74, 6) is 0.731.